The van der Waals surface area contributed by atoms with Crippen molar-refractivity contribution in [3.63, 3.8) is 0 Å². The van der Waals surface area contributed by atoms with Crippen molar-refractivity contribution in [3.8, 4) is 5.75 Å². The number of phenols is 1. The number of carbonyl (C=O) groups excluding carboxylic acids is 2. The van der Waals surface area contributed by atoms with Gasteiger partial charge in [-0.2, -0.15) is 0 Å². The van der Waals surface area contributed by atoms with Gasteiger partial charge in [0, 0.05) is 42.6 Å². The number of ketones is 1. The van der Waals surface area contributed by atoms with E-state index < -0.39 is 17.3 Å². The first-order valence-electron chi connectivity index (χ1n) is 14.2. The van der Waals surface area contributed by atoms with Crippen molar-refractivity contribution in [2.75, 3.05) is 33.7 Å². The second-order valence-electron chi connectivity index (χ2n) is 11.9. The topological polar surface area (TPSA) is 72.9 Å². The van der Waals surface area contributed by atoms with Gasteiger partial charge in [-0.25, -0.2) is 4.39 Å². The number of nitrogens with zero attached hydrogens (tertiary/aromatic N) is 2. The van der Waals surface area contributed by atoms with E-state index in [1.165, 1.54) is 18.2 Å². The summed E-state index contributed by atoms with van der Waals surface area (Å²) in [4.78, 5) is 33.0. The van der Waals surface area contributed by atoms with Gasteiger partial charge in [0.2, 0.25) is 5.91 Å². The van der Waals surface area contributed by atoms with Crippen molar-refractivity contribution in [2.24, 2.45) is 11.3 Å². The summed E-state index contributed by atoms with van der Waals surface area (Å²) in [5, 5.41) is 13.6. The predicted octanol–water partition coefficient (Wildman–Crippen LogP) is 5.39. The Balaban J connectivity index is 2.24. The third kappa shape index (κ3) is 6.69. The number of halogens is 1. The molecule has 0 aliphatic carbocycles. The lowest BCUT2D eigenvalue weighted by molar-refractivity contribution is -0.150. The first-order valence-corrected chi connectivity index (χ1v) is 14.2. The first-order chi connectivity index (χ1) is 18.4. The van der Waals surface area contributed by atoms with E-state index in [2.05, 4.69) is 10.2 Å². The Kier molecular flexibility index (Phi) is 10.3. The fraction of sp³-hybridized carbons (Fsp3) is 0.562. The zero-order valence-corrected chi connectivity index (χ0v) is 24.6. The highest BCUT2D eigenvalue weighted by atomic mass is 19.1. The molecule has 1 aliphatic rings. The van der Waals surface area contributed by atoms with E-state index in [1.807, 2.05) is 52.8 Å². The molecule has 1 amide bonds. The van der Waals surface area contributed by atoms with Gasteiger partial charge in [0.25, 0.3) is 0 Å². The number of hydrogen-bond donors (Lipinski definition) is 2. The van der Waals surface area contributed by atoms with Gasteiger partial charge >= 0.3 is 0 Å². The summed E-state index contributed by atoms with van der Waals surface area (Å²) in [6.45, 7) is 11.5. The molecule has 2 aromatic rings. The molecule has 2 N–H and O–H groups in total. The SMILES string of the molecule is Cc1c(F)cccc1C1C(C(=O)c2cccc(O)c2)CNC[C@@]1(CCCCN(C)C)C(=O)N(C(C)C)C(C)C. The summed E-state index contributed by atoms with van der Waals surface area (Å²) in [5.41, 5.74) is 0.628. The Labute approximate surface area is 233 Å². The molecular weight excluding hydrogens is 493 g/mol. The number of aromatic hydroxyl groups is 1. The molecule has 1 fully saturated rings. The van der Waals surface area contributed by atoms with Crippen molar-refractivity contribution < 1.29 is 19.1 Å². The van der Waals surface area contributed by atoms with E-state index in [0.29, 0.717) is 36.2 Å². The lowest BCUT2D eigenvalue weighted by Gasteiger charge is -2.51. The van der Waals surface area contributed by atoms with Crippen molar-refractivity contribution in [1.29, 1.82) is 0 Å². The lowest BCUT2D eigenvalue weighted by atomic mass is 9.59. The quantitative estimate of drug-likeness (QED) is 0.296. The van der Waals surface area contributed by atoms with Gasteiger partial charge in [0.15, 0.2) is 5.78 Å². The van der Waals surface area contributed by atoms with Crippen LogP contribution in [0.15, 0.2) is 42.5 Å². The summed E-state index contributed by atoms with van der Waals surface area (Å²) in [6.07, 6.45) is 2.28. The molecule has 0 saturated carbocycles. The van der Waals surface area contributed by atoms with E-state index in [4.69, 9.17) is 0 Å². The minimum atomic E-state index is -0.950. The molecule has 0 bridgehead atoms. The average Bonchev–Trinajstić information content (AvgIpc) is 2.87. The van der Waals surface area contributed by atoms with E-state index in [0.717, 1.165) is 19.4 Å². The monoisotopic (exact) mass is 539 g/mol. The number of nitrogens with one attached hydrogen (secondary N) is 1. The van der Waals surface area contributed by atoms with Crippen molar-refractivity contribution in [2.45, 2.75) is 71.9 Å². The van der Waals surface area contributed by atoms with Crippen LogP contribution in [0.25, 0.3) is 0 Å². The zero-order valence-electron chi connectivity index (χ0n) is 24.6. The molecule has 214 valence electrons. The summed E-state index contributed by atoms with van der Waals surface area (Å²) >= 11 is 0. The summed E-state index contributed by atoms with van der Waals surface area (Å²) in [6, 6.07) is 11.3. The van der Waals surface area contributed by atoms with Crippen LogP contribution in [0.5, 0.6) is 5.75 Å². The number of amides is 1. The predicted molar refractivity (Wildman–Crippen MR) is 155 cm³/mol. The molecule has 6 nitrogen and oxygen atoms in total. The molecule has 7 heteroatoms. The van der Waals surface area contributed by atoms with Gasteiger partial charge < -0.3 is 20.2 Å². The van der Waals surface area contributed by atoms with Crippen LogP contribution < -0.4 is 5.32 Å². The third-order valence-electron chi connectivity index (χ3n) is 8.17. The maximum Gasteiger partial charge on any atom is 0.231 e. The number of rotatable bonds is 11. The summed E-state index contributed by atoms with van der Waals surface area (Å²) in [7, 11) is 4.07. The highest BCUT2D eigenvalue weighted by molar-refractivity contribution is 6.00. The molecule has 3 atom stereocenters. The van der Waals surface area contributed by atoms with Crippen LogP contribution in [0, 0.1) is 24.1 Å². The largest absolute Gasteiger partial charge is 0.508 e. The summed E-state index contributed by atoms with van der Waals surface area (Å²) in [5.74, 6) is -1.62. The van der Waals surface area contributed by atoms with Crippen LogP contribution in [0.2, 0.25) is 0 Å². The highest BCUT2D eigenvalue weighted by Gasteiger charge is 2.55. The van der Waals surface area contributed by atoms with Gasteiger partial charge in [-0.15, -0.1) is 0 Å². The second-order valence-corrected chi connectivity index (χ2v) is 11.9. The number of unbranched alkanes of at least 4 members (excludes halogenated alkanes) is 1. The molecule has 0 aromatic heterocycles. The minimum absolute atomic E-state index is 0.00641. The number of benzene rings is 2. The van der Waals surface area contributed by atoms with Gasteiger partial charge in [-0.3, -0.25) is 9.59 Å². The normalized spacial score (nSPS) is 21.5. The van der Waals surface area contributed by atoms with Gasteiger partial charge in [0.05, 0.1) is 5.41 Å². The fourth-order valence-electron chi connectivity index (χ4n) is 6.41. The Hall–Kier alpha value is -2.77. The first kappa shape index (κ1) is 30.8. The van der Waals surface area contributed by atoms with Crippen LogP contribution >= 0.6 is 0 Å². The molecule has 2 aromatic carbocycles. The molecule has 39 heavy (non-hydrogen) atoms. The van der Waals surface area contributed by atoms with Crippen molar-refractivity contribution >= 4 is 11.7 Å². The molecule has 0 radical (unpaired) electrons. The van der Waals surface area contributed by atoms with Crippen LogP contribution in [0.4, 0.5) is 4.39 Å². The number of Topliss-reactive ketones (excluding diaryl/α,β-unsaturated/α-hetero) is 1. The van der Waals surface area contributed by atoms with E-state index >= 15 is 4.39 Å². The van der Waals surface area contributed by atoms with Crippen molar-refractivity contribution in [1.82, 2.24) is 15.1 Å². The maximum atomic E-state index is 15.1. The Morgan fingerprint density at radius 3 is 2.36 bits per heavy atom. The number of phenolic OH excluding ortho intramolecular Hbond substituents is 1. The Bertz CT molecular complexity index is 1140. The van der Waals surface area contributed by atoms with E-state index in [9.17, 15) is 14.7 Å². The van der Waals surface area contributed by atoms with E-state index in [-0.39, 0.29) is 35.3 Å². The Morgan fingerprint density at radius 2 is 1.74 bits per heavy atom. The van der Waals surface area contributed by atoms with Crippen LogP contribution in [0.1, 0.15) is 74.4 Å². The van der Waals surface area contributed by atoms with Crippen LogP contribution in [-0.4, -0.2) is 72.4 Å². The fourth-order valence-corrected chi connectivity index (χ4v) is 6.41. The van der Waals surface area contributed by atoms with Crippen molar-refractivity contribution in [3.05, 3.63) is 65.0 Å². The highest BCUT2D eigenvalue weighted by Crippen LogP contribution is 2.50. The second kappa shape index (κ2) is 13.1. The van der Waals surface area contributed by atoms with E-state index in [1.54, 1.807) is 25.1 Å². The number of piperidine rings is 1. The average molecular weight is 540 g/mol. The summed E-state index contributed by atoms with van der Waals surface area (Å²) < 4.78 is 15.1. The Morgan fingerprint density at radius 1 is 1.08 bits per heavy atom. The molecule has 1 heterocycles. The number of carbonyl (C=O) groups is 2. The molecule has 0 spiro atoms. The zero-order chi connectivity index (χ0) is 28.9. The van der Waals surface area contributed by atoms with Crippen LogP contribution in [-0.2, 0) is 4.79 Å². The molecule has 1 saturated heterocycles. The molecular formula is C32H46FN3O3. The van der Waals surface area contributed by atoms with Gasteiger partial charge in [-0.05, 0) is 97.4 Å². The minimum Gasteiger partial charge on any atom is -0.508 e. The number of hydrogen-bond acceptors (Lipinski definition) is 5. The molecule has 3 rings (SSSR count). The molecule has 2 unspecified atom stereocenters. The molecule has 1 aliphatic heterocycles. The maximum absolute atomic E-state index is 15.1. The van der Waals surface area contributed by atoms with Gasteiger partial charge in [-0.1, -0.05) is 30.7 Å². The standard InChI is InChI=1S/C32H46FN3O3/c1-21(2)36(22(3)4)31(39)32(16-8-9-17-35(6)7)20-34-19-27(30(38)24-12-10-13-25(37)18-24)29(32)26-14-11-15-28(33)23(26)5/h10-15,18,21-22,27,29,34,37H,8-9,16-17,19-20H2,1-7H3/t27?,29?,32-/m1/s1. The third-order valence-corrected chi connectivity index (χ3v) is 8.17. The smallest absolute Gasteiger partial charge is 0.231 e. The lowest BCUT2D eigenvalue weighted by Crippen LogP contribution is -2.61. The van der Waals surface area contributed by atoms with Crippen LogP contribution in [0.3, 0.4) is 0 Å². The van der Waals surface area contributed by atoms with Gasteiger partial charge in [0.1, 0.15) is 11.6 Å².